The molecule has 2 aliphatic rings. The van der Waals surface area contributed by atoms with Gasteiger partial charge in [0.15, 0.2) is 11.6 Å². The van der Waals surface area contributed by atoms with Crippen LogP contribution in [-0.2, 0) is 0 Å². The first-order valence-electron chi connectivity index (χ1n) is 8.61. The monoisotopic (exact) mass is 370 g/mol. The molecule has 7 nitrogen and oxygen atoms in total. The third-order valence-corrected chi connectivity index (χ3v) is 5.67. The molecule has 2 aromatic carbocycles. The van der Waals surface area contributed by atoms with Gasteiger partial charge in [0.1, 0.15) is 17.6 Å². The van der Waals surface area contributed by atoms with Gasteiger partial charge in [0, 0.05) is 28.7 Å². The molecule has 0 unspecified atom stereocenters. The number of phenols is 2. The van der Waals surface area contributed by atoms with Crippen LogP contribution >= 0.6 is 0 Å². The second-order valence-corrected chi connectivity index (χ2v) is 7.06. The van der Waals surface area contributed by atoms with Crippen molar-refractivity contribution in [3.8, 4) is 11.5 Å². The molecule has 5 N–H and O–H groups in total. The van der Waals surface area contributed by atoms with E-state index in [9.17, 15) is 35.1 Å². The normalized spacial score (nSPS) is 26.4. The Hall–Kier alpha value is -2.74. The summed E-state index contributed by atoms with van der Waals surface area (Å²) in [5.41, 5.74) is -2.98. The molecule has 2 aliphatic carbocycles. The Morgan fingerprint density at radius 1 is 0.963 bits per heavy atom. The molecule has 0 heterocycles. The Bertz CT molecular complexity index is 1010. The third kappa shape index (κ3) is 2.13. The highest BCUT2D eigenvalue weighted by Gasteiger charge is 2.49. The molecule has 3 atom stereocenters. The smallest absolute Gasteiger partial charge is 0.198 e. The lowest BCUT2D eigenvalue weighted by atomic mass is 9.71. The molecule has 0 saturated heterocycles. The van der Waals surface area contributed by atoms with Crippen molar-refractivity contribution in [3.63, 3.8) is 0 Å². The van der Waals surface area contributed by atoms with Crippen LogP contribution in [0.1, 0.15) is 74.9 Å². The lowest BCUT2D eigenvalue weighted by Crippen LogP contribution is -2.42. The lowest BCUT2D eigenvalue weighted by Gasteiger charge is -2.41. The maximum Gasteiger partial charge on any atom is 0.198 e. The zero-order chi connectivity index (χ0) is 19.7. The number of aromatic hydroxyl groups is 2. The van der Waals surface area contributed by atoms with Gasteiger partial charge in [0.05, 0.1) is 22.8 Å². The molecule has 27 heavy (non-hydrogen) atoms. The third-order valence-electron chi connectivity index (χ3n) is 5.67. The summed E-state index contributed by atoms with van der Waals surface area (Å²) >= 11 is 0. The van der Waals surface area contributed by atoms with Crippen LogP contribution in [-0.4, -0.2) is 42.7 Å². The number of phenolic OH excluding ortho intramolecular Hbond substituents is 2. The van der Waals surface area contributed by atoms with Crippen LogP contribution in [0.2, 0.25) is 0 Å². The first kappa shape index (κ1) is 17.7. The first-order chi connectivity index (χ1) is 12.7. The quantitative estimate of drug-likeness (QED) is 0.409. The molecule has 0 fully saturated rings. The number of rotatable bonds is 1. The average molecular weight is 370 g/mol. The van der Waals surface area contributed by atoms with Crippen molar-refractivity contribution in [2.45, 2.75) is 37.6 Å². The summed E-state index contributed by atoms with van der Waals surface area (Å²) in [6.07, 6.45) is -3.29. The molecule has 2 aromatic rings. The highest BCUT2D eigenvalue weighted by Crippen LogP contribution is 2.54. The summed E-state index contributed by atoms with van der Waals surface area (Å²) in [6, 6.07) is 6.01. The number of carbonyl (C=O) groups excluding carboxylic acids is 2. The van der Waals surface area contributed by atoms with Crippen LogP contribution < -0.4 is 0 Å². The Balaban J connectivity index is 2.08. The van der Waals surface area contributed by atoms with Crippen molar-refractivity contribution in [3.05, 3.63) is 57.6 Å². The number of ketones is 2. The molecule has 0 bridgehead atoms. The highest BCUT2D eigenvalue weighted by molar-refractivity contribution is 6.30. The summed E-state index contributed by atoms with van der Waals surface area (Å²) in [5, 5.41) is 53.2. The molecule has 0 spiro atoms. The van der Waals surface area contributed by atoms with Gasteiger partial charge in [-0.1, -0.05) is 31.2 Å². The zero-order valence-corrected chi connectivity index (χ0v) is 14.4. The second-order valence-electron chi connectivity index (χ2n) is 7.06. The second kappa shape index (κ2) is 5.63. The molecule has 0 aliphatic heterocycles. The van der Waals surface area contributed by atoms with E-state index in [2.05, 4.69) is 0 Å². The molecule has 7 heteroatoms. The topological polar surface area (TPSA) is 135 Å². The minimum absolute atomic E-state index is 0.0671. The van der Waals surface area contributed by atoms with Crippen molar-refractivity contribution < 1.29 is 35.1 Å². The van der Waals surface area contributed by atoms with E-state index >= 15 is 0 Å². The van der Waals surface area contributed by atoms with E-state index < -0.39 is 52.0 Å². The van der Waals surface area contributed by atoms with Crippen LogP contribution in [0.25, 0.3) is 0 Å². The summed E-state index contributed by atoms with van der Waals surface area (Å²) in [4.78, 5) is 25.8. The molecule has 140 valence electrons. The van der Waals surface area contributed by atoms with Crippen molar-refractivity contribution in [1.82, 2.24) is 0 Å². The maximum absolute atomic E-state index is 12.9. The summed E-state index contributed by atoms with van der Waals surface area (Å²) in [6.45, 7) is 1.60. The molecular formula is C20H18O7. The number of aliphatic hydroxyl groups is 3. The molecular weight excluding hydrogens is 352 g/mol. The maximum atomic E-state index is 12.9. The van der Waals surface area contributed by atoms with Crippen LogP contribution in [0.5, 0.6) is 11.5 Å². The molecule has 0 radical (unpaired) electrons. The van der Waals surface area contributed by atoms with Gasteiger partial charge < -0.3 is 25.5 Å². The Labute approximate surface area is 154 Å². The van der Waals surface area contributed by atoms with Crippen molar-refractivity contribution in [2.24, 2.45) is 0 Å². The number of hydrogen-bond acceptors (Lipinski definition) is 7. The van der Waals surface area contributed by atoms with Crippen molar-refractivity contribution in [1.29, 1.82) is 0 Å². The van der Waals surface area contributed by atoms with Crippen LogP contribution in [0, 0.1) is 0 Å². The Kier molecular flexibility index (Phi) is 3.68. The average Bonchev–Trinajstić information content (AvgIpc) is 2.65. The van der Waals surface area contributed by atoms with Gasteiger partial charge in [-0.15, -0.1) is 0 Å². The van der Waals surface area contributed by atoms with E-state index in [1.807, 2.05) is 0 Å². The Morgan fingerprint density at radius 3 is 1.93 bits per heavy atom. The minimum Gasteiger partial charge on any atom is -0.507 e. The fraction of sp³-hybridized carbons (Fsp3) is 0.300. The summed E-state index contributed by atoms with van der Waals surface area (Å²) in [7, 11) is 0. The van der Waals surface area contributed by atoms with E-state index in [0.29, 0.717) is 0 Å². The van der Waals surface area contributed by atoms with Crippen LogP contribution in [0.4, 0.5) is 0 Å². The van der Waals surface area contributed by atoms with E-state index in [1.54, 1.807) is 19.1 Å². The van der Waals surface area contributed by atoms with Gasteiger partial charge in [0.25, 0.3) is 0 Å². The van der Waals surface area contributed by atoms with Crippen molar-refractivity contribution >= 4 is 11.6 Å². The van der Waals surface area contributed by atoms with Crippen LogP contribution in [0.3, 0.4) is 0 Å². The van der Waals surface area contributed by atoms with Gasteiger partial charge in [0.2, 0.25) is 0 Å². The van der Waals surface area contributed by atoms with Gasteiger partial charge in [-0.2, -0.15) is 0 Å². The SMILES string of the molecule is CC[C@@]1(O)C[C@H](O)c2c(O)c3c(c(O)c2[C@H]1O)C(=O)c1ccccc1C3=O. The predicted octanol–water partition coefficient (Wildman–Crippen LogP) is 1.48. The molecule has 0 saturated carbocycles. The molecule has 4 rings (SSSR count). The van der Waals surface area contributed by atoms with E-state index in [-0.39, 0.29) is 35.1 Å². The zero-order valence-electron chi connectivity index (χ0n) is 14.4. The Morgan fingerprint density at radius 2 is 1.44 bits per heavy atom. The van der Waals surface area contributed by atoms with Gasteiger partial charge in [-0.05, 0) is 6.42 Å². The van der Waals surface area contributed by atoms with E-state index in [0.717, 1.165) is 0 Å². The fourth-order valence-corrected chi connectivity index (χ4v) is 4.12. The predicted molar refractivity (Wildman–Crippen MR) is 92.9 cm³/mol. The number of fused-ring (bicyclic) bond motifs is 3. The lowest BCUT2D eigenvalue weighted by molar-refractivity contribution is -0.117. The largest absolute Gasteiger partial charge is 0.507 e. The number of benzene rings is 2. The highest BCUT2D eigenvalue weighted by atomic mass is 16.3. The number of hydrogen-bond donors (Lipinski definition) is 5. The summed E-state index contributed by atoms with van der Waals surface area (Å²) < 4.78 is 0. The summed E-state index contributed by atoms with van der Waals surface area (Å²) in [5.74, 6) is -2.70. The van der Waals surface area contributed by atoms with Gasteiger partial charge in [-0.3, -0.25) is 9.59 Å². The standard InChI is InChI=1S/C20H18O7/c1-2-20(27)7-10(21)11-14(19(20)26)18(25)13-12(17(11)24)15(22)8-5-3-4-6-9(8)16(13)23/h3-6,10,19,21,24-27H,2,7H2,1H3/t10-,19+,20+/m0/s1. The van der Waals surface area contributed by atoms with Crippen LogP contribution in [0.15, 0.2) is 24.3 Å². The fourth-order valence-electron chi connectivity index (χ4n) is 4.12. The molecule has 0 aromatic heterocycles. The van der Waals surface area contributed by atoms with Crippen molar-refractivity contribution in [2.75, 3.05) is 0 Å². The number of aliphatic hydroxyl groups excluding tert-OH is 2. The van der Waals surface area contributed by atoms with E-state index in [1.165, 1.54) is 12.1 Å². The van der Waals surface area contributed by atoms with Gasteiger partial charge in [-0.25, -0.2) is 0 Å². The minimum atomic E-state index is -1.75. The van der Waals surface area contributed by atoms with E-state index in [4.69, 9.17) is 0 Å². The number of carbonyl (C=O) groups is 2. The first-order valence-corrected chi connectivity index (χ1v) is 8.61. The molecule has 0 amide bonds. The van der Waals surface area contributed by atoms with Gasteiger partial charge >= 0.3 is 0 Å².